The van der Waals surface area contributed by atoms with Gasteiger partial charge >= 0.3 is 18.2 Å². The SMILES string of the molecule is O=C(NCCCCC(NC(=O)OCC1[C@H]2CCC#CCC[C@@H]12)C(=O)O)OCC1[C@H]2CCC#CCC[C@@H]12. The van der Waals surface area contributed by atoms with Crippen molar-refractivity contribution in [3.8, 4) is 23.7 Å². The Labute approximate surface area is 213 Å². The third-order valence-corrected chi connectivity index (χ3v) is 8.27. The molecule has 8 heteroatoms. The summed E-state index contributed by atoms with van der Waals surface area (Å²) < 4.78 is 10.7. The van der Waals surface area contributed by atoms with E-state index in [1.54, 1.807) is 0 Å². The van der Waals surface area contributed by atoms with Crippen LogP contribution in [0.15, 0.2) is 0 Å². The molecular weight excluding hydrogens is 460 g/mol. The van der Waals surface area contributed by atoms with E-state index < -0.39 is 24.2 Å². The lowest BCUT2D eigenvalue weighted by Crippen LogP contribution is -2.41. The van der Waals surface area contributed by atoms with Crippen molar-refractivity contribution < 1.29 is 29.0 Å². The van der Waals surface area contributed by atoms with E-state index in [-0.39, 0.29) is 6.42 Å². The summed E-state index contributed by atoms with van der Waals surface area (Å²) in [5.74, 6) is 14.8. The Morgan fingerprint density at radius 2 is 1.22 bits per heavy atom. The first-order valence-corrected chi connectivity index (χ1v) is 13.5. The maximum Gasteiger partial charge on any atom is 0.407 e. The van der Waals surface area contributed by atoms with E-state index >= 15 is 0 Å². The van der Waals surface area contributed by atoms with Gasteiger partial charge in [-0.2, -0.15) is 0 Å². The van der Waals surface area contributed by atoms with Crippen molar-refractivity contribution in [3.63, 3.8) is 0 Å². The Morgan fingerprint density at radius 1 is 0.750 bits per heavy atom. The summed E-state index contributed by atoms with van der Waals surface area (Å²) in [5.41, 5.74) is 0. The lowest BCUT2D eigenvalue weighted by molar-refractivity contribution is -0.139. The zero-order valence-electron chi connectivity index (χ0n) is 20.9. The van der Waals surface area contributed by atoms with Crippen LogP contribution in [-0.4, -0.2) is 49.1 Å². The zero-order valence-corrected chi connectivity index (χ0v) is 20.9. The van der Waals surface area contributed by atoms with Crippen LogP contribution in [0, 0.1) is 59.2 Å². The summed E-state index contributed by atoms with van der Waals surface area (Å²) in [6.07, 6.45) is 8.23. The van der Waals surface area contributed by atoms with Crippen LogP contribution in [0.1, 0.15) is 70.6 Å². The van der Waals surface area contributed by atoms with Crippen LogP contribution in [0.3, 0.4) is 0 Å². The highest BCUT2D eigenvalue weighted by Gasteiger charge is 2.50. The Balaban J connectivity index is 1.04. The Morgan fingerprint density at radius 3 is 1.69 bits per heavy atom. The van der Waals surface area contributed by atoms with E-state index in [1.165, 1.54) is 0 Å². The van der Waals surface area contributed by atoms with E-state index in [1.807, 2.05) is 0 Å². The summed E-state index contributed by atoms with van der Waals surface area (Å²) in [7, 11) is 0. The van der Waals surface area contributed by atoms with Gasteiger partial charge in [-0.15, -0.1) is 23.7 Å². The molecular formula is C28H38N2O6. The molecule has 0 heterocycles. The fraction of sp³-hybridized carbons (Fsp3) is 0.750. The second-order valence-electron chi connectivity index (χ2n) is 10.5. The third-order valence-electron chi connectivity index (χ3n) is 8.27. The molecule has 0 aromatic heterocycles. The maximum atomic E-state index is 12.2. The number of aliphatic carboxylic acids is 1. The monoisotopic (exact) mass is 498 g/mol. The average molecular weight is 499 g/mol. The van der Waals surface area contributed by atoms with Gasteiger partial charge in [-0.05, 0) is 80.5 Å². The average Bonchev–Trinajstić information content (AvgIpc) is 3.68. The number of carbonyl (C=O) groups excluding carboxylic acids is 2. The van der Waals surface area contributed by atoms with E-state index in [0.717, 1.165) is 51.4 Å². The topological polar surface area (TPSA) is 114 Å². The Hall–Kier alpha value is -2.87. The van der Waals surface area contributed by atoms with Crippen molar-refractivity contribution in [2.24, 2.45) is 35.5 Å². The van der Waals surface area contributed by atoms with E-state index in [0.29, 0.717) is 68.1 Å². The van der Waals surface area contributed by atoms with Crippen molar-refractivity contribution in [1.82, 2.24) is 10.6 Å². The standard InChI is InChI=1S/C28H38N2O6/c31-26(32)25(30-28(34)36-18-24-21-13-7-3-4-8-14-22(21)24)15-9-10-16-29-27(33)35-17-23-19-11-5-1-2-6-12-20(19)23/h19-25H,5-18H2,(H,29,33)(H,30,34)(H,31,32)/t19-,20+,21-,22+,23?,24?,25?. The van der Waals surface area contributed by atoms with Gasteiger partial charge < -0.3 is 25.2 Å². The lowest BCUT2D eigenvalue weighted by atomic mass is 10.1. The van der Waals surface area contributed by atoms with Crippen LogP contribution in [0.2, 0.25) is 0 Å². The van der Waals surface area contributed by atoms with Crippen molar-refractivity contribution in [2.45, 2.75) is 76.7 Å². The predicted molar refractivity (Wildman–Crippen MR) is 133 cm³/mol. The van der Waals surface area contributed by atoms with Crippen LogP contribution in [-0.2, 0) is 14.3 Å². The summed E-state index contributed by atoms with van der Waals surface area (Å²) in [5, 5.41) is 14.7. The molecule has 0 spiro atoms. The lowest BCUT2D eigenvalue weighted by Gasteiger charge is -2.15. The van der Waals surface area contributed by atoms with Crippen LogP contribution >= 0.6 is 0 Å². The quantitative estimate of drug-likeness (QED) is 0.294. The number of rotatable bonds is 11. The van der Waals surface area contributed by atoms with Crippen LogP contribution in [0.5, 0.6) is 0 Å². The van der Waals surface area contributed by atoms with Crippen molar-refractivity contribution in [3.05, 3.63) is 0 Å². The minimum atomic E-state index is -1.09. The maximum absolute atomic E-state index is 12.2. The fourth-order valence-electron chi connectivity index (χ4n) is 6.06. The van der Waals surface area contributed by atoms with Gasteiger partial charge in [-0.1, -0.05) is 0 Å². The molecule has 0 saturated heterocycles. The highest BCUT2D eigenvalue weighted by molar-refractivity contribution is 5.79. The van der Waals surface area contributed by atoms with Gasteiger partial charge in [0.25, 0.3) is 0 Å². The number of hydrogen-bond acceptors (Lipinski definition) is 5. The molecule has 4 rings (SSSR count). The molecule has 196 valence electrons. The minimum absolute atomic E-state index is 0.265. The first kappa shape index (κ1) is 26.2. The number of hydrogen-bond donors (Lipinski definition) is 3. The van der Waals surface area contributed by atoms with Gasteiger partial charge in [-0.3, -0.25) is 0 Å². The molecule has 3 unspecified atom stereocenters. The summed E-state index contributed by atoms with van der Waals surface area (Å²) in [6, 6.07) is -1.01. The number of amides is 2. The smallest absolute Gasteiger partial charge is 0.407 e. The van der Waals surface area contributed by atoms with Gasteiger partial charge in [0.2, 0.25) is 0 Å². The van der Waals surface area contributed by atoms with Crippen LogP contribution in [0.25, 0.3) is 0 Å². The van der Waals surface area contributed by atoms with Gasteiger partial charge in [0.15, 0.2) is 0 Å². The molecule has 0 aromatic rings. The zero-order chi connectivity index (χ0) is 25.3. The van der Waals surface area contributed by atoms with Crippen molar-refractivity contribution >= 4 is 18.2 Å². The minimum Gasteiger partial charge on any atom is -0.480 e. The summed E-state index contributed by atoms with van der Waals surface area (Å²) in [6.45, 7) is 1.18. The second-order valence-corrected chi connectivity index (χ2v) is 10.5. The number of fused-ring (bicyclic) bond motifs is 2. The fourth-order valence-corrected chi connectivity index (χ4v) is 6.06. The second kappa shape index (κ2) is 12.9. The first-order valence-electron chi connectivity index (χ1n) is 13.5. The molecule has 0 radical (unpaired) electrons. The third kappa shape index (κ3) is 7.56. The van der Waals surface area contributed by atoms with Crippen molar-refractivity contribution in [2.75, 3.05) is 19.8 Å². The molecule has 8 nitrogen and oxygen atoms in total. The molecule has 2 fully saturated rings. The molecule has 3 N–H and O–H groups in total. The predicted octanol–water partition coefficient (Wildman–Crippen LogP) is 3.94. The van der Waals surface area contributed by atoms with E-state index in [2.05, 4.69) is 34.3 Å². The highest BCUT2D eigenvalue weighted by Crippen LogP contribution is 2.53. The van der Waals surface area contributed by atoms with Crippen LogP contribution < -0.4 is 10.6 Å². The number of carboxylic acids is 1. The van der Waals surface area contributed by atoms with Crippen LogP contribution in [0.4, 0.5) is 9.59 Å². The largest absolute Gasteiger partial charge is 0.480 e. The Bertz CT molecular complexity index is 892. The van der Waals surface area contributed by atoms with Gasteiger partial charge in [-0.25, -0.2) is 14.4 Å². The van der Waals surface area contributed by atoms with Gasteiger partial charge in [0.05, 0.1) is 13.2 Å². The molecule has 4 aliphatic carbocycles. The number of ether oxygens (including phenoxy) is 2. The molecule has 2 saturated carbocycles. The molecule has 36 heavy (non-hydrogen) atoms. The molecule has 7 atom stereocenters. The molecule has 0 aromatic carbocycles. The molecule has 4 aliphatic rings. The first-order chi connectivity index (χ1) is 17.5. The normalized spacial score (nSPS) is 30.3. The Kier molecular flexibility index (Phi) is 9.39. The number of carboxylic acid groups (broad SMARTS) is 1. The number of carbonyl (C=O) groups is 3. The van der Waals surface area contributed by atoms with E-state index in [4.69, 9.17) is 9.47 Å². The number of unbranched alkanes of at least 4 members (excludes halogenated alkanes) is 1. The highest BCUT2D eigenvalue weighted by atomic mass is 16.6. The number of alkyl carbamates (subject to hydrolysis) is 2. The van der Waals surface area contributed by atoms with Crippen molar-refractivity contribution in [1.29, 1.82) is 0 Å². The van der Waals surface area contributed by atoms with E-state index in [9.17, 15) is 19.5 Å². The molecule has 0 aliphatic heterocycles. The van der Waals surface area contributed by atoms with Gasteiger partial charge in [0, 0.05) is 32.2 Å². The number of nitrogens with one attached hydrogen (secondary N) is 2. The molecule has 0 bridgehead atoms. The molecule has 2 amide bonds. The summed E-state index contributed by atoms with van der Waals surface area (Å²) in [4.78, 5) is 35.7. The summed E-state index contributed by atoms with van der Waals surface area (Å²) >= 11 is 0. The van der Waals surface area contributed by atoms with Gasteiger partial charge in [0.1, 0.15) is 6.04 Å².